The molecule has 0 bridgehead atoms. The summed E-state index contributed by atoms with van der Waals surface area (Å²) < 4.78 is 0. The second-order valence-corrected chi connectivity index (χ2v) is 3.64. The molecule has 0 N–H and O–H groups in total. The molecule has 2 heterocycles. The molecule has 0 aliphatic rings. The number of halogens is 2. The van der Waals surface area contributed by atoms with Gasteiger partial charge in [0.15, 0.2) is 5.15 Å². The Morgan fingerprint density at radius 1 is 1.07 bits per heavy atom. The van der Waals surface area contributed by atoms with Gasteiger partial charge in [-0.05, 0) is 0 Å². The summed E-state index contributed by atoms with van der Waals surface area (Å²) in [5.74, 6) is 0.721. The van der Waals surface area contributed by atoms with Gasteiger partial charge in [0.1, 0.15) is 11.5 Å². The number of nitrogens with zero attached hydrogens (tertiary/aromatic N) is 4. The van der Waals surface area contributed by atoms with Crippen LogP contribution in [0, 0.1) is 0 Å². The van der Waals surface area contributed by atoms with Crippen LogP contribution in [0.3, 0.4) is 0 Å². The normalized spacial score (nSPS) is 10.3. The first-order valence-corrected chi connectivity index (χ1v) is 5.65. The van der Waals surface area contributed by atoms with Gasteiger partial charge >= 0.3 is 0 Å². The lowest BCUT2D eigenvalue weighted by Gasteiger charge is -2.01. The zero-order chi connectivity index (χ0) is 10.7. The Kier molecular flexibility index (Phi) is 3.23. The van der Waals surface area contributed by atoms with Gasteiger partial charge in [0, 0.05) is 30.4 Å². The zero-order valence-corrected chi connectivity index (χ0v) is 9.90. The molecule has 0 fully saturated rings. The molecule has 0 atom stereocenters. The van der Waals surface area contributed by atoms with E-state index in [-0.39, 0.29) is 0 Å². The van der Waals surface area contributed by atoms with E-state index in [9.17, 15) is 0 Å². The van der Waals surface area contributed by atoms with Crippen molar-refractivity contribution in [2.24, 2.45) is 0 Å². The minimum absolute atomic E-state index is 0.354. The van der Waals surface area contributed by atoms with Gasteiger partial charge in [-0.3, -0.25) is 4.98 Å². The van der Waals surface area contributed by atoms with Crippen molar-refractivity contribution in [2.75, 3.05) is 0 Å². The Morgan fingerprint density at radius 3 is 2.33 bits per heavy atom. The maximum atomic E-state index is 5.89. The largest absolute Gasteiger partial charge is 0.251 e. The number of rotatable bonds is 2. The summed E-state index contributed by atoms with van der Waals surface area (Å²) in [5.41, 5.74) is 1.36. The second kappa shape index (κ2) is 4.63. The average Bonchev–Trinajstić information content (AvgIpc) is 2.30. The lowest BCUT2D eigenvalue weighted by Crippen LogP contribution is -1.93. The Morgan fingerprint density at radius 2 is 1.73 bits per heavy atom. The summed E-state index contributed by atoms with van der Waals surface area (Å²) in [4.78, 5) is 16.3. The summed E-state index contributed by atoms with van der Waals surface area (Å²) >= 11 is 9.17. The van der Waals surface area contributed by atoms with Gasteiger partial charge in [0.05, 0.1) is 5.33 Å². The SMILES string of the molecule is Clc1nccnc1-c1cnc(CBr)nc1. The van der Waals surface area contributed by atoms with E-state index < -0.39 is 0 Å². The summed E-state index contributed by atoms with van der Waals surface area (Å²) in [7, 11) is 0. The number of alkyl halides is 1. The van der Waals surface area contributed by atoms with Gasteiger partial charge < -0.3 is 0 Å². The van der Waals surface area contributed by atoms with E-state index in [1.807, 2.05) is 0 Å². The molecule has 0 spiro atoms. The summed E-state index contributed by atoms with van der Waals surface area (Å²) in [6, 6.07) is 0. The lowest BCUT2D eigenvalue weighted by atomic mass is 10.2. The smallest absolute Gasteiger partial charge is 0.155 e. The first kappa shape index (κ1) is 10.4. The maximum Gasteiger partial charge on any atom is 0.155 e. The van der Waals surface area contributed by atoms with Gasteiger partial charge in [0.2, 0.25) is 0 Å². The molecule has 2 rings (SSSR count). The van der Waals surface area contributed by atoms with Crippen LogP contribution in [0.1, 0.15) is 5.82 Å². The number of hydrogen-bond donors (Lipinski definition) is 0. The van der Waals surface area contributed by atoms with E-state index in [1.165, 1.54) is 0 Å². The maximum absolute atomic E-state index is 5.89. The van der Waals surface area contributed by atoms with E-state index in [2.05, 4.69) is 35.9 Å². The second-order valence-electron chi connectivity index (χ2n) is 2.72. The fourth-order valence-electron chi connectivity index (χ4n) is 1.06. The summed E-state index contributed by atoms with van der Waals surface area (Å²) in [6.07, 6.45) is 6.48. The summed E-state index contributed by atoms with van der Waals surface area (Å²) in [5, 5.41) is 0.981. The third-order valence-corrected chi connectivity index (χ3v) is 2.53. The molecule has 4 nitrogen and oxygen atoms in total. The Bertz CT molecular complexity index is 460. The van der Waals surface area contributed by atoms with E-state index in [1.54, 1.807) is 24.8 Å². The molecule has 0 amide bonds. The molecular formula is C9H6BrClN4. The fourth-order valence-corrected chi connectivity index (χ4v) is 1.56. The van der Waals surface area contributed by atoms with Gasteiger partial charge in [-0.15, -0.1) is 0 Å². The molecule has 2 aromatic heterocycles. The highest BCUT2D eigenvalue weighted by Crippen LogP contribution is 2.21. The van der Waals surface area contributed by atoms with E-state index >= 15 is 0 Å². The molecule has 6 heteroatoms. The average molecular weight is 286 g/mol. The fraction of sp³-hybridized carbons (Fsp3) is 0.111. The summed E-state index contributed by atoms with van der Waals surface area (Å²) in [6.45, 7) is 0. The van der Waals surface area contributed by atoms with Crippen LogP contribution in [0.15, 0.2) is 24.8 Å². The van der Waals surface area contributed by atoms with Gasteiger partial charge in [-0.2, -0.15) is 0 Å². The zero-order valence-electron chi connectivity index (χ0n) is 7.56. The molecule has 0 saturated carbocycles. The third-order valence-electron chi connectivity index (χ3n) is 1.75. The van der Waals surface area contributed by atoms with Crippen molar-refractivity contribution in [3.8, 4) is 11.3 Å². The number of hydrogen-bond acceptors (Lipinski definition) is 4. The molecule has 2 aromatic rings. The molecule has 0 saturated heterocycles. The monoisotopic (exact) mass is 284 g/mol. The van der Waals surface area contributed by atoms with Crippen LogP contribution in [0.4, 0.5) is 0 Å². The van der Waals surface area contributed by atoms with Crippen molar-refractivity contribution in [2.45, 2.75) is 5.33 Å². The van der Waals surface area contributed by atoms with Crippen molar-refractivity contribution in [3.63, 3.8) is 0 Å². The molecule has 0 aromatic carbocycles. The quantitative estimate of drug-likeness (QED) is 0.796. The molecule has 0 radical (unpaired) electrons. The van der Waals surface area contributed by atoms with Crippen molar-refractivity contribution in [3.05, 3.63) is 35.8 Å². The van der Waals surface area contributed by atoms with Crippen LogP contribution in [0.25, 0.3) is 11.3 Å². The van der Waals surface area contributed by atoms with Crippen molar-refractivity contribution in [1.29, 1.82) is 0 Å². The predicted octanol–water partition coefficient (Wildman–Crippen LogP) is 2.48. The van der Waals surface area contributed by atoms with E-state index in [0.717, 1.165) is 11.4 Å². The van der Waals surface area contributed by atoms with E-state index in [4.69, 9.17) is 11.6 Å². The molecule has 76 valence electrons. The minimum atomic E-state index is 0.354. The third kappa shape index (κ3) is 2.30. The van der Waals surface area contributed by atoms with Crippen LogP contribution in [0.2, 0.25) is 5.15 Å². The Balaban J connectivity index is 2.42. The van der Waals surface area contributed by atoms with Crippen molar-refractivity contribution < 1.29 is 0 Å². The van der Waals surface area contributed by atoms with Gasteiger partial charge in [0.25, 0.3) is 0 Å². The Hall–Kier alpha value is -1.07. The van der Waals surface area contributed by atoms with Crippen LogP contribution in [-0.2, 0) is 5.33 Å². The first-order chi connectivity index (χ1) is 7.31. The highest BCUT2D eigenvalue weighted by Gasteiger charge is 2.06. The van der Waals surface area contributed by atoms with Crippen molar-refractivity contribution in [1.82, 2.24) is 19.9 Å². The lowest BCUT2D eigenvalue weighted by molar-refractivity contribution is 1.04. The topological polar surface area (TPSA) is 51.6 Å². The highest BCUT2D eigenvalue weighted by atomic mass is 79.9. The number of aromatic nitrogens is 4. The Labute approximate surface area is 99.9 Å². The van der Waals surface area contributed by atoms with Gasteiger partial charge in [-0.25, -0.2) is 15.0 Å². The molecular weight excluding hydrogens is 279 g/mol. The molecule has 0 unspecified atom stereocenters. The molecule has 0 aliphatic heterocycles. The van der Waals surface area contributed by atoms with Crippen LogP contribution in [0.5, 0.6) is 0 Å². The van der Waals surface area contributed by atoms with Gasteiger partial charge in [-0.1, -0.05) is 27.5 Å². The minimum Gasteiger partial charge on any atom is -0.251 e. The molecule has 15 heavy (non-hydrogen) atoms. The van der Waals surface area contributed by atoms with E-state index in [0.29, 0.717) is 16.2 Å². The standard InChI is InChI=1S/C9H6BrClN4/c10-3-7-14-4-6(5-15-7)8-9(11)13-2-1-12-8/h1-2,4-5H,3H2. The van der Waals surface area contributed by atoms with Crippen LogP contribution in [-0.4, -0.2) is 19.9 Å². The van der Waals surface area contributed by atoms with Crippen LogP contribution >= 0.6 is 27.5 Å². The van der Waals surface area contributed by atoms with Crippen molar-refractivity contribution >= 4 is 27.5 Å². The first-order valence-electron chi connectivity index (χ1n) is 4.15. The molecule has 0 aliphatic carbocycles. The predicted molar refractivity (Wildman–Crippen MR) is 60.7 cm³/mol. The van der Waals surface area contributed by atoms with Crippen LogP contribution < -0.4 is 0 Å². The highest BCUT2D eigenvalue weighted by molar-refractivity contribution is 9.08.